The standard InChI is InChI=1S/C19H22N2O5S2/c1-13(11-14-3-7-16(8-4-14)26-12-18(22)25-2)21-28(23,24)17-9-5-15(6-10-17)19(20)27/h3-10,13,21H,11-12H2,1-2H3,(H2,20,27)/t13-/m0/s1. The minimum Gasteiger partial charge on any atom is -0.482 e. The van der Waals surface area contributed by atoms with Crippen LogP contribution in [0.5, 0.6) is 5.75 Å². The maximum atomic E-state index is 12.5. The molecule has 7 nitrogen and oxygen atoms in total. The molecule has 3 N–H and O–H groups in total. The van der Waals surface area contributed by atoms with Gasteiger partial charge >= 0.3 is 5.97 Å². The first-order valence-corrected chi connectivity index (χ1v) is 10.3. The van der Waals surface area contributed by atoms with E-state index in [1.165, 1.54) is 19.2 Å². The molecule has 0 bridgehead atoms. The second-order valence-corrected chi connectivity index (χ2v) is 8.28. The SMILES string of the molecule is COC(=O)COc1ccc(C[C@H](C)NS(=O)(=O)c2ccc(C(N)=S)cc2)cc1. The lowest BCUT2D eigenvalue weighted by Crippen LogP contribution is -2.34. The van der Waals surface area contributed by atoms with Crippen LogP contribution >= 0.6 is 12.2 Å². The maximum Gasteiger partial charge on any atom is 0.343 e. The molecule has 0 saturated heterocycles. The lowest BCUT2D eigenvalue weighted by atomic mass is 10.1. The van der Waals surface area contributed by atoms with Gasteiger partial charge in [-0.1, -0.05) is 36.5 Å². The van der Waals surface area contributed by atoms with Crippen LogP contribution in [0.4, 0.5) is 0 Å². The summed E-state index contributed by atoms with van der Waals surface area (Å²) in [7, 11) is -2.37. The van der Waals surface area contributed by atoms with E-state index < -0.39 is 16.0 Å². The van der Waals surface area contributed by atoms with Crippen molar-refractivity contribution in [1.82, 2.24) is 4.72 Å². The van der Waals surface area contributed by atoms with E-state index >= 15 is 0 Å². The molecule has 0 heterocycles. The quantitative estimate of drug-likeness (QED) is 0.468. The highest BCUT2D eigenvalue weighted by Gasteiger charge is 2.17. The molecule has 9 heteroatoms. The number of carbonyl (C=O) groups excluding carboxylic acids is 1. The third-order valence-corrected chi connectivity index (χ3v) is 5.70. The first kappa shape index (κ1) is 21.8. The molecule has 0 saturated carbocycles. The number of sulfonamides is 1. The molecule has 2 aromatic rings. The molecule has 28 heavy (non-hydrogen) atoms. The van der Waals surface area contributed by atoms with Crippen molar-refractivity contribution in [2.45, 2.75) is 24.3 Å². The Bertz CT molecular complexity index is 926. The van der Waals surface area contributed by atoms with Gasteiger partial charge in [-0.15, -0.1) is 0 Å². The van der Waals surface area contributed by atoms with Crippen LogP contribution in [0.25, 0.3) is 0 Å². The van der Waals surface area contributed by atoms with Crippen molar-refractivity contribution in [2.75, 3.05) is 13.7 Å². The number of nitrogens with one attached hydrogen (secondary N) is 1. The van der Waals surface area contributed by atoms with Crippen LogP contribution in [-0.4, -0.2) is 39.1 Å². The van der Waals surface area contributed by atoms with Crippen LogP contribution < -0.4 is 15.2 Å². The zero-order valence-electron chi connectivity index (χ0n) is 15.5. The number of nitrogens with two attached hydrogens (primary N) is 1. The van der Waals surface area contributed by atoms with Crippen molar-refractivity contribution < 1.29 is 22.7 Å². The van der Waals surface area contributed by atoms with Gasteiger partial charge in [0.15, 0.2) is 6.61 Å². The van der Waals surface area contributed by atoms with Gasteiger partial charge in [-0.25, -0.2) is 17.9 Å². The normalized spacial score (nSPS) is 12.2. The number of thiocarbonyl (C=S) groups is 1. The molecule has 1 atom stereocenters. The fourth-order valence-electron chi connectivity index (χ4n) is 2.45. The Balaban J connectivity index is 1.95. The minimum absolute atomic E-state index is 0.144. The summed E-state index contributed by atoms with van der Waals surface area (Å²) >= 11 is 4.87. The second kappa shape index (κ2) is 9.63. The van der Waals surface area contributed by atoms with Gasteiger partial charge in [0, 0.05) is 11.6 Å². The molecule has 0 spiro atoms. The number of rotatable bonds is 9. The number of esters is 1. The zero-order valence-corrected chi connectivity index (χ0v) is 17.2. The predicted molar refractivity (Wildman–Crippen MR) is 110 cm³/mol. The van der Waals surface area contributed by atoms with E-state index in [1.807, 2.05) is 12.1 Å². The van der Waals surface area contributed by atoms with E-state index in [2.05, 4.69) is 9.46 Å². The monoisotopic (exact) mass is 422 g/mol. The Kier molecular flexibility index (Phi) is 7.50. The van der Waals surface area contributed by atoms with Gasteiger partial charge in [-0.3, -0.25) is 0 Å². The highest BCUT2D eigenvalue weighted by Crippen LogP contribution is 2.15. The van der Waals surface area contributed by atoms with Gasteiger partial charge in [0.1, 0.15) is 10.7 Å². The predicted octanol–water partition coefficient (Wildman–Crippen LogP) is 1.78. The van der Waals surface area contributed by atoms with E-state index in [-0.39, 0.29) is 22.5 Å². The summed E-state index contributed by atoms with van der Waals surface area (Å²) in [5.74, 6) is 0.0636. The summed E-state index contributed by atoms with van der Waals surface area (Å²) in [6.45, 7) is 1.61. The van der Waals surface area contributed by atoms with Gasteiger partial charge in [-0.05, 0) is 43.2 Å². The summed E-state index contributed by atoms with van der Waals surface area (Å²) in [5.41, 5.74) is 7.05. The first-order chi connectivity index (χ1) is 13.2. The Labute approximate surface area is 169 Å². The number of hydrogen-bond donors (Lipinski definition) is 2. The summed E-state index contributed by atoms with van der Waals surface area (Å²) in [5, 5.41) is 0. The van der Waals surface area contributed by atoms with E-state index in [9.17, 15) is 13.2 Å². The molecule has 0 aliphatic rings. The van der Waals surface area contributed by atoms with E-state index in [1.54, 1.807) is 31.2 Å². The smallest absolute Gasteiger partial charge is 0.343 e. The average Bonchev–Trinajstić information content (AvgIpc) is 2.66. The molecule has 0 radical (unpaired) electrons. The van der Waals surface area contributed by atoms with Gasteiger partial charge < -0.3 is 15.2 Å². The third kappa shape index (κ3) is 6.29. The van der Waals surface area contributed by atoms with Crippen molar-refractivity contribution in [1.29, 1.82) is 0 Å². The van der Waals surface area contributed by atoms with E-state index in [0.29, 0.717) is 17.7 Å². The molecular formula is C19H22N2O5S2. The lowest BCUT2D eigenvalue weighted by Gasteiger charge is -2.15. The molecule has 2 rings (SSSR count). The largest absolute Gasteiger partial charge is 0.482 e. The molecule has 0 aliphatic heterocycles. The minimum atomic E-state index is -3.66. The van der Waals surface area contributed by atoms with Crippen LogP contribution in [0, 0.1) is 0 Å². The van der Waals surface area contributed by atoms with Crippen LogP contribution in [0.3, 0.4) is 0 Å². The number of hydrogen-bond acceptors (Lipinski definition) is 6. The van der Waals surface area contributed by atoms with Crippen molar-refractivity contribution >= 4 is 33.2 Å². The Morgan fingerprint density at radius 2 is 1.75 bits per heavy atom. The molecule has 0 aliphatic carbocycles. The van der Waals surface area contributed by atoms with Gasteiger partial charge in [0.25, 0.3) is 0 Å². The fourth-order valence-corrected chi connectivity index (χ4v) is 3.83. The fraction of sp³-hybridized carbons (Fsp3) is 0.263. The van der Waals surface area contributed by atoms with Crippen LogP contribution in [0.1, 0.15) is 18.1 Å². The van der Waals surface area contributed by atoms with Crippen LogP contribution in [0.2, 0.25) is 0 Å². The third-order valence-electron chi connectivity index (χ3n) is 3.86. The summed E-state index contributed by atoms with van der Waals surface area (Å²) in [6, 6.07) is 12.8. The molecular weight excluding hydrogens is 400 g/mol. The topological polar surface area (TPSA) is 108 Å². The summed E-state index contributed by atoms with van der Waals surface area (Å²) in [4.78, 5) is 11.4. The highest BCUT2D eigenvalue weighted by atomic mass is 32.2. The highest BCUT2D eigenvalue weighted by molar-refractivity contribution is 7.89. The Morgan fingerprint density at radius 1 is 1.14 bits per heavy atom. The maximum absolute atomic E-state index is 12.5. The molecule has 2 aromatic carbocycles. The van der Waals surface area contributed by atoms with Gasteiger partial charge in [-0.2, -0.15) is 0 Å². The summed E-state index contributed by atoms with van der Waals surface area (Å²) < 4.78 is 37.4. The second-order valence-electron chi connectivity index (χ2n) is 6.12. The van der Waals surface area contributed by atoms with E-state index in [0.717, 1.165) is 5.56 Å². The van der Waals surface area contributed by atoms with Gasteiger partial charge in [0.2, 0.25) is 10.0 Å². The first-order valence-electron chi connectivity index (χ1n) is 8.42. The Morgan fingerprint density at radius 3 is 2.29 bits per heavy atom. The number of ether oxygens (including phenoxy) is 2. The number of benzene rings is 2. The van der Waals surface area contributed by atoms with E-state index in [4.69, 9.17) is 22.7 Å². The number of carbonyl (C=O) groups is 1. The zero-order chi connectivity index (χ0) is 20.7. The Hall–Kier alpha value is -2.49. The lowest BCUT2D eigenvalue weighted by molar-refractivity contribution is -0.142. The molecule has 0 fully saturated rings. The molecule has 0 unspecified atom stereocenters. The average molecular weight is 423 g/mol. The molecule has 0 amide bonds. The van der Waals surface area contributed by atoms with Crippen molar-refractivity contribution in [3.05, 3.63) is 59.7 Å². The molecule has 150 valence electrons. The van der Waals surface area contributed by atoms with Gasteiger partial charge in [0.05, 0.1) is 12.0 Å². The molecule has 0 aromatic heterocycles. The van der Waals surface area contributed by atoms with Crippen LogP contribution in [0.15, 0.2) is 53.4 Å². The van der Waals surface area contributed by atoms with Crippen molar-refractivity contribution in [3.8, 4) is 5.75 Å². The van der Waals surface area contributed by atoms with Crippen molar-refractivity contribution in [2.24, 2.45) is 5.73 Å². The van der Waals surface area contributed by atoms with Crippen LogP contribution in [-0.2, 0) is 26.0 Å². The van der Waals surface area contributed by atoms with Crippen molar-refractivity contribution in [3.63, 3.8) is 0 Å². The summed E-state index contributed by atoms with van der Waals surface area (Å²) in [6.07, 6.45) is 0.488. The number of methoxy groups -OCH3 is 1.